The zero-order valence-corrected chi connectivity index (χ0v) is 20.0. The van der Waals surface area contributed by atoms with E-state index in [-0.39, 0.29) is 37.5 Å². The van der Waals surface area contributed by atoms with E-state index in [4.69, 9.17) is 6.42 Å². The van der Waals surface area contributed by atoms with Crippen LogP contribution in [0.5, 0.6) is 0 Å². The number of hydrogen-bond acceptors (Lipinski definition) is 4. The summed E-state index contributed by atoms with van der Waals surface area (Å²) in [6, 6.07) is 17.7. The number of nitrogens with one attached hydrogen (secondary N) is 1. The van der Waals surface area contributed by atoms with Crippen molar-refractivity contribution in [3.8, 4) is 12.3 Å². The molecule has 8 heteroatoms. The topological polar surface area (TPSA) is 76.2 Å². The van der Waals surface area contributed by atoms with Crippen LogP contribution in [-0.4, -0.2) is 70.0 Å². The predicted octanol–water partition coefficient (Wildman–Crippen LogP) is 2.60. The van der Waals surface area contributed by atoms with Gasteiger partial charge in [-0.1, -0.05) is 79.9 Å². The first kappa shape index (κ1) is 24.3. The number of carbonyl (C=O) groups excluding carboxylic acids is 3. The van der Waals surface area contributed by atoms with E-state index in [9.17, 15) is 14.4 Å². The lowest BCUT2D eigenvalue weighted by Gasteiger charge is -2.55. The molecule has 0 unspecified atom stereocenters. The molecule has 182 valence electrons. The summed E-state index contributed by atoms with van der Waals surface area (Å²) in [6.07, 6.45) is 6.69. The van der Waals surface area contributed by atoms with Crippen molar-refractivity contribution in [2.75, 3.05) is 26.2 Å². The molecule has 0 spiro atoms. The van der Waals surface area contributed by atoms with Gasteiger partial charge >= 0.3 is 6.03 Å². The number of rotatable bonds is 7. The summed E-state index contributed by atoms with van der Waals surface area (Å²) in [4.78, 5) is 43.9. The van der Waals surface area contributed by atoms with Gasteiger partial charge in [0.25, 0.3) is 0 Å². The molecule has 0 bridgehead atoms. The fraction of sp³-hybridized carbons (Fsp3) is 0.370. The summed E-state index contributed by atoms with van der Waals surface area (Å²) in [5.41, 5.74) is 1.69. The van der Waals surface area contributed by atoms with Crippen LogP contribution in [-0.2, 0) is 16.1 Å². The normalized spacial score (nSPS) is 20.4. The van der Waals surface area contributed by atoms with Gasteiger partial charge in [-0.25, -0.2) is 9.80 Å². The first-order chi connectivity index (χ1) is 17.0. The summed E-state index contributed by atoms with van der Waals surface area (Å²) in [7, 11) is 0. The van der Waals surface area contributed by atoms with Crippen molar-refractivity contribution in [1.29, 1.82) is 0 Å². The lowest BCUT2D eigenvalue weighted by atomic mass is 9.98. The van der Waals surface area contributed by atoms with Gasteiger partial charge in [0.05, 0.1) is 19.6 Å². The third-order valence-corrected chi connectivity index (χ3v) is 6.39. The number of carbonyl (C=O) groups is 3. The van der Waals surface area contributed by atoms with Crippen LogP contribution >= 0.6 is 0 Å². The number of benzene rings is 2. The molecule has 2 atom stereocenters. The van der Waals surface area contributed by atoms with E-state index in [0.29, 0.717) is 13.1 Å². The first-order valence-corrected chi connectivity index (χ1v) is 12.0. The van der Waals surface area contributed by atoms with Gasteiger partial charge in [0, 0.05) is 13.1 Å². The highest BCUT2D eigenvalue weighted by atomic mass is 16.2. The highest BCUT2D eigenvalue weighted by molar-refractivity contribution is 5.92. The van der Waals surface area contributed by atoms with Crippen molar-refractivity contribution in [1.82, 2.24) is 25.1 Å². The van der Waals surface area contributed by atoms with Gasteiger partial charge in [-0.05, 0) is 17.5 Å². The maximum atomic E-state index is 13.6. The molecule has 4 amide bonds. The highest BCUT2D eigenvalue weighted by Crippen LogP contribution is 2.34. The lowest BCUT2D eigenvalue weighted by molar-refractivity contribution is -0.189. The van der Waals surface area contributed by atoms with Gasteiger partial charge < -0.3 is 15.1 Å². The summed E-state index contributed by atoms with van der Waals surface area (Å²) >= 11 is 0. The van der Waals surface area contributed by atoms with Crippen molar-refractivity contribution in [2.45, 2.75) is 38.5 Å². The number of nitrogens with zero attached hydrogens (tertiary/aromatic N) is 4. The SMILES string of the molecule is C#CCN1CC(=O)N2[C@@H](c3ccccc3)C(=O)N(CCCC)C[C@@H]2N1C(=O)NCc1ccccc1. The van der Waals surface area contributed by atoms with E-state index in [0.717, 1.165) is 24.0 Å². The predicted molar refractivity (Wildman–Crippen MR) is 132 cm³/mol. The number of hydrogen-bond donors (Lipinski definition) is 1. The Hall–Kier alpha value is -3.83. The maximum Gasteiger partial charge on any atom is 0.334 e. The van der Waals surface area contributed by atoms with Gasteiger partial charge in [0.2, 0.25) is 11.8 Å². The minimum Gasteiger partial charge on any atom is -0.337 e. The quantitative estimate of drug-likeness (QED) is 0.628. The number of unbranched alkanes of at least 4 members (excludes halogenated alkanes) is 1. The van der Waals surface area contributed by atoms with Crippen molar-refractivity contribution < 1.29 is 14.4 Å². The van der Waals surface area contributed by atoms with Crippen molar-refractivity contribution in [3.05, 3.63) is 71.8 Å². The summed E-state index contributed by atoms with van der Waals surface area (Å²) in [6.45, 7) is 3.22. The molecule has 35 heavy (non-hydrogen) atoms. The summed E-state index contributed by atoms with van der Waals surface area (Å²) in [5, 5.41) is 6.09. The second-order valence-electron chi connectivity index (χ2n) is 8.75. The standard InChI is InChI=1S/C27H31N5O3/c1-3-5-17-29-19-23-31(25(26(29)34)22-14-10-7-11-15-22)24(33)20-30(16-4-2)32(23)27(35)28-18-21-12-8-6-9-13-21/h2,6-15,23,25H,3,5,16-20H2,1H3,(H,28,35)/t23-,25-/m0/s1. The number of hydrazine groups is 1. The smallest absolute Gasteiger partial charge is 0.334 e. The Labute approximate surface area is 206 Å². The van der Waals surface area contributed by atoms with E-state index in [2.05, 4.69) is 18.2 Å². The lowest BCUT2D eigenvalue weighted by Crippen LogP contribution is -2.74. The molecule has 2 fully saturated rings. The van der Waals surface area contributed by atoms with Crippen LogP contribution < -0.4 is 5.32 Å². The zero-order chi connectivity index (χ0) is 24.8. The van der Waals surface area contributed by atoms with Crippen LogP contribution in [0.3, 0.4) is 0 Å². The van der Waals surface area contributed by atoms with Crippen molar-refractivity contribution in [3.63, 3.8) is 0 Å². The zero-order valence-electron chi connectivity index (χ0n) is 20.0. The molecule has 1 N–H and O–H groups in total. The molecule has 0 saturated carbocycles. The van der Waals surface area contributed by atoms with E-state index in [1.807, 2.05) is 60.7 Å². The van der Waals surface area contributed by atoms with Crippen molar-refractivity contribution >= 4 is 17.8 Å². The number of terminal acetylenes is 1. The Morgan fingerprint density at radius 2 is 1.77 bits per heavy atom. The van der Waals surface area contributed by atoms with Gasteiger partial charge in [-0.2, -0.15) is 5.01 Å². The highest BCUT2D eigenvalue weighted by Gasteiger charge is 2.51. The van der Waals surface area contributed by atoms with Crippen LogP contribution in [0.15, 0.2) is 60.7 Å². The largest absolute Gasteiger partial charge is 0.337 e. The molecular weight excluding hydrogens is 442 g/mol. The van der Waals surface area contributed by atoms with Crippen LogP contribution in [0.25, 0.3) is 0 Å². The number of fused-ring (bicyclic) bond motifs is 1. The van der Waals surface area contributed by atoms with Crippen LogP contribution in [0, 0.1) is 12.3 Å². The van der Waals surface area contributed by atoms with Crippen LogP contribution in [0.2, 0.25) is 0 Å². The minimum atomic E-state index is -0.795. The number of urea groups is 1. The number of amides is 4. The Kier molecular flexibility index (Phi) is 7.68. The van der Waals surface area contributed by atoms with Crippen molar-refractivity contribution in [2.24, 2.45) is 0 Å². The Morgan fingerprint density at radius 1 is 1.09 bits per heavy atom. The number of piperazine rings is 1. The summed E-state index contributed by atoms with van der Waals surface area (Å²) in [5.74, 6) is 2.21. The van der Waals surface area contributed by atoms with Crippen LogP contribution in [0.1, 0.15) is 36.9 Å². The minimum absolute atomic E-state index is 0.0783. The third kappa shape index (κ3) is 5.15. The average Bonchev–Trinajstić information content (AvgIpc) is 2.88. The second-order valence-corrected chi connectivity index (χ2v) is 8.75. The summed E-state index contributed by atoms with van der Waals surface area (Å²) < 4.78 is 0. The maximum absolute atomic E-state index is 13.6. The Bertz CT molecular complexity index is 1090. The van der Waals surface area contributed by atoms with Gasteiger partial charge in [0.1, 0.15) is 12.2 Å². The van der Waals surface area contributed by atoms with Gasteiger partial charge in [0.15, 0.2) is 0 Å². The molecule has 8 nitrogen and oxygen atoms in total. The third-order valence-electron chi connectivity index (χ3n) is 6.39. The molecule has 2 heterocycles. The molecule has 0 aliphatic carbocycles. The molecule has 2 aliphatic heterocycles. The molecule has 0 radical (unpaired) electrons. The molecule has 2 saturated heterocycles. The fourth-order valence-electron chi connectivity index (χ4n) is 4.69. The molecule has 2 aliphatic rings. The van der Waals surface area contributed by atoms with Gasteiger partial charge in [-0.15, -0.1) is 6.42 Å². The van der Waals surface area contributed by atoms with Crippen LogP contribution in [0.4, 0.5) is 4.79 Å². The van der Waals surface area contributed by atoms with Gasteiger partial charge in [-0.3, -0.25) is 9.59 Å². The van der Waals surface area contributed by atoms with E-state index in [1.165, 1.54) is 5.01 Å². The first-order valence-electron chi connectivity index (χ1n) is 12.0. The monoisotopic (exact) mass is 473 g/mol. The van der Waals surface area contributed by atoms with E-state index in [1.54, 1.807) is 14.8 Å². The molecule has 4 rings (SSSR count). The second kappa shape index (κ2) is 11.1. The fourth-order valence-corrected chi connectivity index (χ4v) is 4.69. The Morgan fingerprint density at radius 3 is 2.43 bits per heavy atom. The van der Waals surface area contributed by atoms with E-state index < -0.39 is 12.2 Å². The molecule has 2 aromatic carbocycles. The molecular formula is C27H31N5O3. The molecule has 0 aromatic heterocycles. The van der Waals surface area contributed by atoms with E-state index >= 15 is 0 Å². The Balaban J connectivity index is 1.69. The average molecular weight is 474 g/mol. The molecule has 2 aromatic rings.